The van der Waals surface area contributed by atoms with Crippen LogP contribution in [0.5, 0.6) is 0 Å². The third kappa shape index (κ3) is 4.71. The Morgan fingerprint density at radius 3 is 2.76 bits per heavy atom. The fourth-order valence-corrected chi connectivity index (χ4v) is 2.80. The van der Waals surface area contributed by atoms with Gasteiger partial charge in [-0.15, -0.1) is 0 Å². The summed E-state index contributed by atoms with van der Waals surface area (Å²) in [5.41, 5.74) is 0. The molecule has 0 aromatic heterocycles. The monoisotopic (exact) mass is 292 g/mol. The standard InChI is InChI=1S/C15H24N4O2/c1-17-13(7-10-4-5-10)15(21)19-12(9-16)8-11-3-2-6-18-14(11)20/h10-13,17H,2-8H2,1H3,(H,18,20)(H,19,21)/t11?,12?,13-/m0/s1. The highest BCUT2D eigenvalue weighted by molar-refractivity contribution is 5.83. The maximum atomic E-state index is 12.2. The van der Waals surface area contributed by atoms with Crippen LogP contribution in [-0.2, 0) is 9.59 Å². The number of carbonyl (C=O) groups excluding carboxylic acids is 2. The molecular weight excluding hydrogens is 268 g/mol. The molecule has 1 saturated heterocycles. The lowest BCUT2D eigenvalue weighted by Gasteiger charge is -2.25. The second-order valence-corrected chi connectivity index (χ2v) is 6.08. The fraction of sp³-hybridized carbons (Fsp3) is 0.800. The zero-order valence-corrected chi connectivity index (χ0v) is 12.5. The average molecular weight is 292 g/mol. The van der Waals surface area contributed by atoms with Crippen molar-refractivity contribution in [3.63, 3.8) is 0 Å². The number of hydrogen-bond donors (Lipinski definition) is 3. The molecule has 2 unspecified atom stereocenters. The third-order valence-corrected chi connectivity index (χ3v) is 4.32. The Hall–Kier alpha value is -1.61. The number of hydrogen-bond acceptors (Lipinski definition) is 4. The molecule has 6 heteroatoms. The molecule has 3 atom stereocenters. The molecule has 21 heavy (non-hydrogen) atoms. The summed E-state index contributed by atoms with van der Waals surface area (Å²) >= 11 is 0. The van der Waals surface area contributed by atoms with E-state index in [4.69, 9.17) is 0 Å². The number of amides is 2. The molecule has 0 spiro atoms. The van der Waals surface area contributed by atoms with Gasteiger partial charge in [0.25, 0.3) is 0 Å². The predicted octanol–water partition coefficient (Wildman–Crippen LogP) is 0.299. The van der Waals surface area contributed by atoms with Crippen molar-refractivity contribution in [2.75, 3.05) is 13.6 Å². The minimum absolute atomic E-state index is 0.00102. The van der Waals surface area contributed by atoms with Crippen LogP contribution in [0.3, 0.4) is 0 Å². The van der Waals surface area contributed by atoms with Crippen LogP contribution in [0.15, 0.2) is 0 Å². The highest BCUT2D eigenvalue weighted by Crippen LogP contribution is 2.33. The van der Waals surface area contributed by atoms with Crippen molar-refractivity contribution in [1.29, 1.82) is 5.26 Å². The van der Waals surface area contributed by atoms with Gasteiger partial charge in [0.1, 0.15) is 6.04 Å². The lowest BCUT2D eigenvalue weighted by Crippen LogP contribution is -2.48. The van der Waals surface area contributed by atoms with Gasteiger partial charge in [-0.2, -0.15) is 5.26 Å². The zero-order valence-electron chi connectivity index (χ0n) is 12.5. The van der Waals surface area contributed by atoms with Gasteiger partial charge in [-0.25, -0.2) is 0 Å². The molecule has 0 aromatic rings. The predicted molar refractivity (Wildman–Crippen MR) is 78.1 cm³/mol. The number of rotatable bonds is 7. The summed E-state index contributed by atoms with van der Waals surface area (Å²) in [6, 6.07) is 1.27. The van der Waals surface area contributed by atoms with Gasteiger partial charge in [0.05, 0.1) is 12.1 Å². The van der Waals surface area contributed by atoms with Crippen molar-refractivity contribution >= 4 is 11.8 Å². The van der Waals surface area contributed by atoms with Gasteiger partial charge in [-0.1, -0.05) is 12.8 Å². The molecule has 1 aliphatic carbocycles. The van der Waals surface area contributed by atoms with Gasteiger partial charge in [-0.3, -0.25) is 9.59 Å². The summed E-state index contributed by atoms with van der Waals surface area (Å²) < 4.78 is 0. The molecule has 0 bridgehead atoms. The third-order valence-electron chi connectivity index (χ3n) is 4.32. The van der Waals surface area contributed by atoms with Gasteiger partial charge < -0.3 is 16.0 Å². The summed E-state index contributed by atoms with van der Waals surface area (Å²) in [7, 11) is 1.77. The second-order valence-electron chi connectivity index (χ2n) is 6.08. The zero-order chi connectivity index (χ0) is 15.2. The largest absolute Gasteiger partial charge is 0.356 e. The first-order chi connectivity index (χ1) is 10.1. The van der Waals surface area contributed by atoms with Crippen LogP contribution in [-0.4, -0.2) is 37.5 Å². The van der Waals surface area contributed by atoms with Gasteiger partial charge in [0.15, 0.2) is 0 Å². The number of piperidine rings is 1. The van der Waals surface area contributed by atoms with E-state index in [9.17, 15) is 14.9 Å². The molecule has 2 aliphatic rings. The van der Waals surface area contributed by atoms with E-state index in [1.807, 2.05) is 0 Å². The highest BCUT2D eigenvalue weighted by Gasteiger charge is 2.31. The number of carbonyl (C=O) groups is 2. The average Bonchev–Trinajstić information content (AvgIpc) is 3.30. The minimum atomic E-state index is -0.596. The molecule has 1 heterocycles. The van der Waals surface area contributed by atoms with Crippen LogP contribution >= 0.6 is 0 Å². The molecule has 1 aliphatic heterocycles. The maximum absolute atomic E-state index is 12.2. The Bertz CT molecular complexity index is 428. The van der Waals surface area contributed by atoms with Gasteiger partial charge in [0, 0.05) is 12.5 Å². The Labute approximate surface area is 125 Å². The van der Waals surface area contributed by atoms with E-state index in [0.29, 0.717) is 18.9 Å². The van der Waals surface area contributed by atoms with E-state index in [2.05, 4.69) is 22.0 Å². The first kappa shape index (κ1) is 15.8. The van der Waals surface area contributed by atoms with Crippen molar-refractivity contribution in [1.82, 2.24) is 16.0 Å². The number of nitrogens with zero attached hydrogens (tertiary/aromatic N) is 1. The van der Waals surface area contributed by atoms with E-state index in [0.717, 1.165) is 19.3 Å². The number of likely N-dealkylation sites (N-methyl/N-ethyl adjacent to an activating group) is 1. The summed E-state index contributed by atoms with van der Waals surface area (Å²) in [5, 5.41) is 17.8. The normalized spacial score (nSPS) is 24.6. The number of nitriles is 1. The summed E-state index contributed by atoms with van der Waals surface area (Å²) in [5.74, 6) is 0.337. The van der Waals surface area contributed by atoms with Gasteiger partial charge >= 0.3 is 0 Å². The topological polar surface area (TPSA) is 94.0 Å². The minimum Gasteiger partial charge on any atom is -0.356 e. The van der Waals surface area contributed by atoms with Gasteiger partial charge in [-0.05, 0) is 38.6 Å². The summed E-state index contributed by atoms with van der Waals surface area (Å²) in [6.07, 6.45) is 5.32. The molecule has 2 amide bonds. The van der Waals surface area contributed by atoms with Crippen molar-refractivity contribution in [3.05, 3.63) is 0 Å². The SMILES string of the molecule is CN[C@@H](CC1CC1)C(=O)NC(C#N)CC1CCCNC1=O. The Kier molecular flexibility index (Phi) is 5.57. The number of nitrogens with one attached hydrogen (secondary N) is 3. The Morgan fingerprint density at radius 1 is 1.43 bits per heavy atom. The molecule has 6 nitrogen and oxygen atoms in total. The molecule has 2 fully saturated rings. The molecule has 0 aromatic carbocycles. The maximum Gasteiger partial charge on any atom is 0.238 e. The smallest absolute Gasteiger partial charge is 0.238 e. The Morgan fingerprint density at radius 2 is 2.19 bits per heavy atom. The summed E-state index contributed by atoms with van der Waals surface area (Å²) in [6.45, 7) is 0.710. The summed E-state index contributed by atoms with van der Waals surface area (Å²) in [4.78, 5) is 23.9. The molecule has 116 valence electrons. The highest BCUT2D eigenvalue weighted by atomic mass is 16.2. The molecule has 2 rings (SSSR count). The van der Waals surface area contributed by atoms with E-state index in [-0.39, 0.29) is 23.8 Å². The lowest BCUT2D eigenvalue weighted by molar-refractivity contribution is -0.128. The van der Waals surface area contributed by atoms with Crippen LogP contribution in [0.1, 0.15) is 38.5 Å². The van der Waals surface area contributed by atoms with E-state index in [1.54, 1.807) is 7.05 Å². The fourth-order valence-electron chi connectivity index (χ4n) is 2.80. The van der Waals surface area contributed by atoms with E-state index >= 15 is 0 Å². The molecule has 0 radical (unpaired) electrons. The van der Waals surface area contributed by atoms with Crippen LogP contribution in [0, 0.1) is 23.2 Å². The second kappa shape index (κ2) is 7.41. The van der Waals surface area contributed by atoms with Crippen molar-refractivity contribution < 1.29 is 9.59 Å². The quantitative estimate of drug-likeness (QED) is 0.629. The molecule has 1 saturated carbocycles. The lowest BCUT2D eigenvalue weighted by atomic mass is 9.92. The van der Waals surface area contributed by atoms with Crippen molar-refractivity contribution in [2.24, 2.45) is 11.8 Å². The van der Waals surface area contributed by atoms with Crippen LogP contribution in [0.2, 0.25) is 0 Å². The van der Waals surface area contributed by atoms with Crippen LogP contribution in [0.25, 0.3) is 0 Å². The van der Waals surface area contributed by atoms with Gasteiger partial charge in [0.2, 0.25) is 11.8 Å². The van der Waals surface area contributed by atoms with E-state index in [1.165, 1.54) is 12.8 Å². The Balaban J connectivity index is 1.83. The van der Waals surface area contributed by atoms with Crippen molar-refractivity contribution in [3.8, 4) is 6.07 Å². The first-order valence-electron chi connectivity index (χ1n) is 7.79. The van der Waals surface area contributed by atoms with Crippen LogP contribution in [0.4, 0.5) is 0 Å². The first-order valence-corrected chi connectivity index (χ1v) is 7.79. The van der Waals surface area contributed by atoms with Crippen molar-refractivity contribution in [2.45, 2.75) is 50.6 Å². The van der Waals surface area contributed by atoms with Crippen LogP contribution < -0.4 is 16.0 Å². The van der Waals surface area contributed by atoms with E-state index < -0.39 is 6.04 Å². The molecular formula is C15H24N4O2. The molecule has 3 N–H and O–H groups in total.